The van der Waals surface area contributed by atoms with E-state index < -0.39 is 15.8 Å². The summed E-state index contributed by atoms with van der Waals surface area (Å²) in [6, 6.07) is 7.22. The van der Waals surface area contributed by atoms with Gasteiger partial charge in [-0.15, -0.1) is 0 Å². The molecule has 112 valence electrons. The third kappa shape index (κ3) is 3.08. The van der Waals surface area contributed by atoms with Crippen LogP contribution in [0, 0.1) is 33.5 Å². The first-order chi connectivity index (χ1) is 9.72. The Morgan fingerprint density at radius 1 is 0.905 bits per heavy atom. The van der Waals surface area contributed by atoms with Crippen LogP contribution in [0.15, 0.2) is 35.2 Å². The molecule has 2 aromatic carbocycles. The van der Waals surface area contributed by atoms with Gasteiger partial charge >= 0.3 is 0 Å². The lowest BCUT2D eigenvalue weighted by Crippen LogP contribution is -2.17. The second-order valence-electron chi connectivity index (χ2n) is 5.20. The van der Waals surface area contributed by atoms with Crippen LogP contribution in [-0.4, -0.2) is 8.42 Å². The van der Waals surface area contributed by atoms with Gasteiger partial charge in [-0.1, -0.05) is 6.07 Å². The fourth-order valence-corrected chi connectivity index (χ4v) is 3.98. The van der Waals surface area contributed by atoms with Crippen LogP contribution in [0.2, 0.25) is 0 Å². The number of aryl methyl sites for hydroxylation is 2. The standard InChI is InChI=1S/C16H18FNO2S/c1-10-9-11(2)13(4)16(12(10)3)21(19,20)18-15-7-5-14(17)6-8-15/h5-9,18H,1-4H3. The fourth-order valence-electron chi connectivity index (χ4n) is 2.31. The highest BCUT2D eigenvalue weighted by Gasteiger charge is 2.22. The molecular formula is C16H18FNO2S. The molecule has 0 bridgehead atoms. The number of benzene rings is 2. The third-order valence-electron chi connectivity index (χ3n) is 3.66. The molecule has 3 nitrogen and oxygen atoms in total. The average molecular weight is 307 g/mol. The van der Waals surface area contributed by atoms with E-state index in [-0.39, 0.29) is 0 Å². The van der Waals surface area contributed by atoms with E-state index in [1.54, 1.807) is 13.8 Å². The van der Waals surface area contributed by atoms with Crippen LogP contribution in [0.1, 0.15) is 22.3 Å². The summed E-state index contributed by atoms with van der Waals surface area (Å²) in [4.78, 5) is 0.296. The Morgan fingerprint density at radius 2 is 1.38 bits per heavy atom. The van der Waals surface area contributed by atoms with Gasteiger partial charge in [0.05, 0.1) is 4.90 Å². The monoisotopic (exact) mass is 307 g/mol. The summed E-state index contributed by atoms with van der Waals surface area (Å²) in [5.41, 5.74) is 3.66. The van der Waals surface area contributed by atoms with Gasteiger partial charge in [-0.2, -0.15) is 0 Å². The molecule has 0 aliphatic heterocycles. The first-order valence-electron chi connectivity index (χ1n) is 6.58. The van der Waals surface area contributed by atoms with Crippen LogP contribution in [-0.2, 0) is 10.0 Å². The highest BCUT2D eigenvalue weighted by molar-refractivity contribution is 7.92. The maximum Gasteiger partial charge on any atom is 0.262 e. The first kappa shape index (κ1) is 15.5. The molecule has 21 heavy (non-hydrogen) atoms. The average Bonchev–Trinajstić information content (AvgIpc) is 2.39. The number of hydrogen-bond donors (Lipinski definition) is 1. The minimum atomic E-state index is -3.70. The molecule has 0 unspecified atom stereocenters. The summed E-state index contributed by atoms with van der Waals surface area (Å²) in [5, 5.41) is 0. The van der Waals surface area contributed by atoms with Gasteiger partial charge in [-0.05, 0) is 74.2 Å². The van der Waals surface area contributed by atoms with E-state index in [1.807, 2.05) is 19.9 Å². The maximum atomic E-state index is 12.9. The summed E-state index contributed by atoms with van der Waals surface area (Å²) in [6.45, 7) is 7.36. The zero-order chi connectivity index (χ0) is 15.8. The molecule has 0 aliphatic rings. The molecule has 0 amide bonds. The van der Waals surface area contributed by atoms with Gasteiger partial charge < -0.3 is 0 Å². The highest BCUT2D eigenvalue weighted by atomic mass is 32.2. The molecule has 0 saturated carbocycles. The van der Waals surface area contributed by atoms with Crippen molar-refractivity contribution in [2.24, 2.45) is 0 Å². The second kappa shape index (κ2) is 5.48. The van der Waals surface area contributed by atoms with E-state index in [0.717, 1.165) is 22.3 Å². The van der Waals surface area contributed by atoms with Crippen LogP contribution in [0.4, 0.5) is 10.1 Å². The first-order valence-corrected chi connectivity index (χ1v) is 8.06. The van der Waals surface area contributed by atoms with Gasteiger partial charge in [0, 0.05) is 5.69 Å². The van der Waals surface area contributed by atoms with Crippen LogP contribution < -0.4 is 4.72 Å². The molecule has 0 aromatic heterocycles. The number of halogens is 1. The maximum absolute atomic E-state index is 12.9. The quantitative estimate of drug-likeness (QED) is 0.936. The summed E-state index contributed by atoms with van der Waals surface area (Å²) in [6.07, 6.45) is 0. The normalized spacial score (nSPS) is 11.5. The van der Waals surface area contributed by atoms with E-state index >= 15 is 0 Å². The van der Waals surface area contributed by atoms with Crippen molar-refractivity contribution in [1.82, 2.24) is 0 Å². The fraction of sp³-hybridized carbons (Fsp3) is 0.250. The zero-order valence-corrected chi connectivity index (χ0v) is 13.3. The predicted molar refractivity (Wildman–Crippen MR) is 82.6 cm³/mol. The van der Waals surface area contributed by atoms with Gasteiger partial charge in [0.15, 0.2) is 0 Å². The molecule has 5 heteroatoms. The Balaban J connectivity index is 2.52. The van der Waals surface area contributed by atoms with E-state index in [4.69, 9.17) is 0 Å². The molecule has 0 atom stereocenters. The Labute approximate surface area is 124 Å². The molecule has 2 rings (SSSR count). The number of nitrogens with one attached hydrogen (secondary N) is 1. The Morgan fingerprint density at radius 3 is 1.86 bits per heavy atom. The molecular weight excluding hydrogens is 289 g/mol. The molecule has 0 radical (unpaired) electrons. The lowest BCUT2D eigenvalue weighted by Gasteiger charge is -2.16. The zero-order valence-electron chi connectivity index (χ0n) is 12.5. The van der Waals surface area contributed by atoms with Gasteiger partial charge in [-0.3, -0.25) is 4.72 Å². The van der Waals surface area contributed by atoms with Crippen LogP contribution in [0.5, 0.6) is 0 Å². The van der Waals surface area contributed by atoms with Gasteiger partial charge in [-0.25, -0.2) is 12.8 Å². The van der Waals surface area contributed by atoms with Crippen LogP contribution in [0.25, 0.3) is 0 Å². The summed E-state index contributed by atoms with van der Waals surface area (Å²) < 4.78 is 40.7. The molecule has 0 spiro atoms. The second-order valence-corrected chi connectivity index (χ2v) is 6.82. The van der Waals surface area contributed by atoms with Crippen molar-refractivity contribution in [2.45, 2.75) is 32.6 Å². The number of sulfonamides is 1. The highest BCUT2D eigenvalue weighted by Crippen LogP contribution is 2.27. The van der Waals surface area contributed by atoms with Crippen molar-refractivity contribution in [2.75, 3.05) is 4.72 Å². The number of hydrogen-bond acceptors (Lipinski definition) is 2. The van der Waals surface area contributed by atoms with Gasteiger partial charge in [0.25, 0.3) is 10.0 Å². The van der Waals surface area contributed by atoms with Crippen molar-refractivity contribution in [3.8, 4) is 0 Å². The lowest BCUT2D eigenvalue weighted by atomic mass is 10.0. The molecule has 2 aromatic rings. The van der Waals surface area contributed by atoms with Gasteiger partial charge in [0.1, 0.15) is 5.82 Å². The summed E-state index contributed by atoms with van der Waals surface area (Å²) in [5.74, 6) is -0.406. The summed E-state index contributed by atoms with van der Waals surface area (Å²) in [7, 11) is -3.70. The minimum Gasteiger partial charge on any atom is -0.280 e. The van der Waals surface area contributed by atoms with E-state index in [2.05, 4.69) is 4.72 Å². The Kier molecular flexibility index (Phi) is 4.05. The van der Waals surface area contributed by atoms with Crippen LogP contribution in [0.3, 0.4) is 0 Å². The van der Waals surface area contributed by atoms with E-state index in [1.165, 1.54) is 24.3 Å². The molecule has 0 saturated heterocycles. The number of rotatable bonds is 3. The van der Waals surface area contributed by atoms with Crippen molar-refractivity contribution >= 4 is 15.7 Å². The third-order valence-corrected chi connectivity index (χ3v) is 5.32. The SMILES string of the molecule is Cc1cc(C)c(C)c(S(=O)(=O)Nc2ccc(F)cc2)c1C. The topological polar surface area (TPSA) is 46.2 Å². The van der Waals surface area contributed by atoms with Crippen molar-refractivity contribution in [1.29, 1.82) is 0 Å². The van der Waals surface area contributed by atoms with Crippen molar-refractivity contribution in [3.05, 3.63) is 58.4 Å². The van der Waals surface area contributed by atoms with E-state index in [9.17, 15) is 12.8 Å². The predicted octanol–water partition coefficient (Wildman–Crippen LogP) is 3.86. The minimum absolute atomic E-state index is 0.296. The van der Waals surface area contributed by atoms with Gasteiger partial charge in [0.2, 0.25) is 0 Å². The lowest BCUT2D eigenvalue weighted by molar-refractivity contribution is 0.599. The molecule has 0 fully saturated rings. The molecule has 0 heterocycles. The largest absolute Gasteiger partial charge is 0.280 e. The Hall–Kier alpha value is -1.88. The number of anilines is 1. The van der Waals surface area contributed by atoms with Crippen molar-refractivity contribution < 1.29 is 12.8 Å². The molecule has 0 aliphatic carbocycles. The summed E-state index contributed by atoms with van der Waals surface area (Å²) >= 11 is 0. The molecule has 1 N–H and O–H groups in total. The van der Waals surface area contributed by atoms with E-state index in [0.29, 0.717) is 10.6 Å². The van der Waals surface area contributed by atoms with Crippen molar-refractivity contribution in [3.63, 3.8) is 0 Å². The van der Waals surface area contributed by atoms with Crippen LogP contribution >= 0.6 is 0 Å². The smallest absolute Gasteiger partial charge is 0.262 e. The Bertz CT molecular complexity index is 755.